The number of ether oxygens (including phenoxy) is 1. The second-order valence-electron chi connectivity index (χ2n) is 6.26. The molecule has 1 aromatic rings. The molecule has 2 N–H and O–H groups in total. The molecule has 1 atom stereocenters. The average molecular weight is 300 g/mol. The van der Waals surface area contributed by atoms with Crippen LogP contribution in [0.1, 0.15) is 38.2 Å². The maximum Gasteiger partial charge on any atom is 0.205 e. The first-order chi connectivity index (χ1) is 9.93. The minimum atomic E-state index is -0.381. The van der Waals surface area contributed by atoms with E-state index in [1.54, 1.807) is 0 Å². The van der Waals surface area contributed by atoms with Crippen LogP contribution in [0.3, 0.4) is 0 Å². The van der Waals surface area contributed by atoms with E-state index < -0.39 is 0 Å². The van der Waals surface area contributed by atoms with Gasteiger partial charge in [0.1, 0.15) is 17.4 Å². The van der Waals surface area contributed by atoms with Gasteiger partial charge in [-0.05, 0) is 27.8 Å². The normalized spacial score (nSPS) is 24.4. The molecule has 1 aliphatic heterocycles. The Morgan fingerprint density at radius 2 is 2.24 bits per heavy atom. The van der Waals surface area contributed by atoms with Gasteiger partial charge >= 0.3 is 0 Å². The average Bonchev–Trinajstić information content (AvgIpc) is 2.88. The Bertz CT molecular complexity index is 705. The molecule has 1 aromatic heterocycles. The van der Waals surface area contributed by atoms with Gasteiger partial charge in [0, 0.05) is 18.4 Å². The largest absolute Gasteiger partial charge is 0.444 e. The number of allylic oxidation sites excluding steroid dienone is 3. The van der Waals surface area contributed by atoms with Gasteiger partial charge < -0.3 is 10.5 Å². The summed E-state index contributed by atoms with van der Waals surface area (Å²) in [4.78, 5) is 12.6. The Morgan fingerprint density at radius 1 is 1.48 bits per heavy atom. The zero-order valence-corrected chi connectivity index (χ0v) is 12.8. The van der Waals surface area contributed by atoms with E-state index in [1.807, 2.05) is 30.7 Å². The third-order valence-corrected chi connectivity index (χ3v) is 4.65. The second kappa shape index (κ2) is 4.74. The number of rotatable bonds is 1. The van der Waals surface area contributed by atoms with E-state index in [0.29, 0.717) is 29.7 Å². The number of nitrogens with two attached hydrogens (primary N) is 1. The van der Waals surface area contributed by atoms with Crippen molar-refractivity contribution in [3.8, 4) is 6.07 Å². The van der Waals surface area contributed by atoms with E-state index in [4.69, 9.17) is 10.5 Å². The van der Waals surface area contributed by atoms with Gasteiger partial charge in [0.2, 0.25) is 5.88 Å². The summed E-state index contributed by atoms with van der Waals surface area (Å²) in [5.41, 5.74) is 7.66. The van der Waals surface area contributed by atoms with E-state index >= 15 is 0 Å². The van der Waals surface area contributed by atoms with Crippen molar-refractivity contribution in [3.63, 3.8) is 0 Å². The van der Waals surface area contributed by atoms with Crippen LogP contribution in [0.2, 0.25) is 0 Å². The van der Waals surface area contributed by atoms with E-state index in [9.17, 15) is 10.1 Å². The standard InChI is InChI=1S/C16H16N2O2S/c1-16(2)5-11(19)14-12(6-16)20-15(18)10(7-17)13(14)9-3-4-21-8-9/h3-4,8,13H,5-6,18H2,1-2H3/t13-/m1/s1. The summed E-state index contributed by atoms with van der Waals surface area (Å²) < 4.78 is 5.63. The highest BCUT2D eigenvalue weighted by atomic mass is 32.1. The van der Waals surface area contributed by atoms with Gasteiger partial charge in [-0.25, -0.2) is 0 Å². The summed E-state index contributed by atoms with van der Waals surface area (Å²) in [5, 5.41) is 13.3. The van der Waals surface area contributed by atoms with Gasteiger partial charge in [-0.15, -0.1) is 0 Å². The molecule has 2 aliphatic rings. The lowest BCUT2D eigenvalue weighted by Gasteiger charge is -2.36. The molecule has 21 heavy (non-hydrogen) atoms. The minimum absolute atomic E-state index is 0.0534. The number of carbonyl (C=O) groups is 1. The second-order valence-corrected chi connectivity index (χ2v) is 7.04. The highest BCUT2D eigenvalue weighted by molar-refractivity contribution is 7.08. The molecule has 0 radical (unpaired) electrons. The molecule has 0 aromatic carbocycles. The van der Waals surface area contributed by atoms with Crippen molar-refractivity contribution < 1.29 is 9.53 Å². The Labute approximate surface area is 127 Å². The number of nitriles is 1. The van der Waals surface area contributed by atoms with Gasteiger partial charge in [0.15, 0.2) is 5.78 Å². The molecule has 0 fully saturated rings. The van der Waals surface area contributed by atoms with Crippen LogP contribution in [0.15, 0.2) is 39.6 Å². The molecular weight excluding hydrogens is 284 g/mol. The van der Waals surface area contributed by atoms with Gasteiger partial charge in [-0.3, -0.25) is 4.79 Å². The van der Waals surface area contributed by atoms with Crippen LogP contribution < -0.4 is 5.73 Å². The lowest BCUT2D eigenvalue weighted by molar-refractivity contribution is -0.119. The van der Waals surface area contributed by atoms with Gasteiger partial charge in [-0.1, -0.05) is 13.8 Å². The lowest BCUT2D eigenvalue weighted by Crippen LogP contribution is -2.33. The zero-order chi connectivity index (χ0) is 15.2. The molecule has 0 spiro atoms. The maximum atomic E-state index is 12.6. The number of nitrogens with zero attached hydrogens (tertiary/aromatic N) is 1. The van der Waals surface area contributed by atoms with Crippen molar-refractivity contribution in [2.24, 2.45) is 11.1 Å². The summed E-state index contributed by atoms with van der Waals surface area (Å²) in [5.74, 6) is 0.424. The molecule has 3 rings (SSSR count). The van der Waals surface area contributed by atoms with Crippen LogP contribution >= 0.6 is 11.3 Å². The minimum Gasteiger partial charge on any atom is -0.444 e. The number of ketones is 1. The van der Waals surface area contributed by atoms with Crippen molar-refractivity contribution in [2.75, 3.05) is 0 Å². The van der Waals surface area contributed by atoms with Crippen LogP contribution in [0, 0.1) is 16.7 Å². The summed E-state index contributed by atoms with van der Waals surface area (Å²) in [6.45, 7) is 4.08. The Kier molecular flexibility index (Phi) is 3.14. The van der Waals surface area contributed by atoms with Crippen LogP contribution in [-0.2, 0) is 9.53 Å². The van der Waals surface area contributed by atoms with E-state index in [2.05, 4.69) is 6.07 Å². The Balaban J connectivity index is 2.17. The van der Waals surface area contributed by atoms with Crippen molar-refractivity contribution in [1.82, 2.24) is 0 Å². The van der Waals surface area contributed by atoms with E-state index in [-0.39, 0.29) is 23.0 Å². The fraction of sp³-hybridized carbons (Fsp3) is 0.375. The van der Waals surface area contributed by atoms with Crippen molar-refractivity contribution in [2.45, 2.75) is 32.6 Å². The molecule has 2 heterocycles. The molecule has 0 amide bonds. The molecule has 0 saturated heterocycles. The number of thiophene rings is 1. The molecule has 0 bridgehead atoms. The fourth-order valence-corrected chi connectivity index (χ4v) is 3.74. The first-order valence-electron chi connectivity index (χ1n) is 6.79. The molecule has 108 valence electrons. The Hall–Kier alpha value is -2.06. The van der Waals surface area contributed by atoms with Crippen LogP contribution in [-0.4, -0.2) is 5.78 Å². The topological polar surface area (TPSA) is 76.1 Å². The molecule has 4 nitrogen and oxygen atoms in total. The zero-order valence-electron chi connectivity index (χ0n) is 12.0. The predicted molar refractivity (Wildman–Crippen MR) is 80.0 cm³/mol. The van der Waals surface area contributed by atoms with Crippen molar-refractivity contribution >= 4 is 17.1 Å². The lowest BCUT2D eigenvalue weighted by atomic mass is 9.70. The summed E-state index contributed by atoms with van der Waals surface area (Å²) >= 11 is 1.54. The summed E-state index contributed by atoms with van der Waals surface area (Å²) in [6.07, 6.45) is 1.13. The fourth-order valence-electron chi connectivity index (χ4n) is 3.06. The Morgan fingerprint density at radius 3 is 2.86 bits per heavy atom. The maximum absolute atomic E-state index is 12.6. The number of hydrogen-bond donors (Lipinski definition) is 1. The number of carbonyl (C=O) groups excluding carboxylic acids is 1. The highest BCUT2D eigenvalue weighted by Gasteiger charge is 2.42. The first-order valence-corrected chi connectivity index (χ1v) is 7.73. The summed E-state index contributed by atoms with van der Waals surface area (Å²) in [7, 11) is 0. The third-order valence-electron chi connectivity index (χ3n) is 3.95. The monoisotopic (exact) mass is 300 g/mol. The molecule has 5 heteroatoms. The predicted octanol–water partition coefficient (Wildman–Crippen LogP) is 3.20. The first kappa shape index (κ1) is 13.9. The van der Waals surface area contributed by atoms with E-state index in [0.717, 1.165) is 5.56 Å². The molecule has 0 saturated carbocycles. The van der Waals surface area contributed by atoms with Crippen LogP contribution in [0.25, 0.3) is 0 Å². The number of hydrogen-bond acceptors (Lipinski definition) is 5. The van der Waals surface area contributed by atoms with Crippen molar-refractivity contribution in [1.29, 1.82) is 5.26 Å². The molecule has 1 aliphatic carbocycles. The smallest absolute Gasteiger partial charge is 0.205 e. The molecule has 0 unspecified atom stereocenters. The van der Waals surface area contributed by atoms with Gasteiger partial charge in [-0.2, -0.15) is 16.6 Å². The summed E-state index contributed by atoms with van der Waals surface area (Å²) in [6, 6.07) is 4.05. The van der Waals surface area contributed by atoms with Gasteiger partial charge in [0.05, 0.1) is 5.92 Å². The van der Waals surface area contributed by atoms with Crippen molar-refractivity contribution in [3.05, 3.63) is 45.2 Å². The van der Waals surface area contributed by atoms with Crippen LogP contribution in [0.5, 0.6) is 0 Å². The van der Waals surface area contributed by atoms with Gasteiger partial charge in [0.25, 0.3) is 0 Å². The van der Waals surface area contributed by atoms with E-state index in [1.165, 1.54) is 11.3 Å². The van der Waals surface area contributed by atoms with Crippen LogP contribution in [0.4, 0.5) is 0 Å². The third kappa shape index (κ3) is 2.26. The number of Topliss-reactive ketones (excluding diaryl/α,β-unsaturated/α-hetero) is 1. The molecular formula is C16H16N2O2S. The quantitative estimate of drug-likeness (QED) is 0.864. The SMILES string of the molecule is CC1(C)CC(=O)C2=C(C1)OC(N)=C(C#N)[C@H]2c1ccsc1. The highest BCUT2D eigenvalue weighted by Crippen LogP contribution is 2.47.